The molecule has 0 aromatic heterocycles. The van der Waals surface area contributed by atoms with Crippen LogP contribution in [-0.2, 0) is 0 Å². The number of benzene rings is 1. The van der Waals surface area contributed by atoms with E-state index in [4.69, 9.17) is 16.7 Å². The third-order valence-electron chi connectivity index (χ3n) is 2.97. The smallest absolute Gasteiger partial charge is 0.0639 e. The zero-order valence-electron chi connectivity index (χ0n) is 9.19. The second-order valence-corrected chi connectivity index (χ2v) is 4.42. The van der Waals surface area contributed by atoms with Crippen LogP contribution in [0.3, 0.4) is 0 Å². The van der Waals surface area contributed by atoms with Crippen LogP contribution >= 0.6 is 11.6 Å². The summed E-state index contributed by atoms with van der Waals surface area (Å²) in [6, 6.07) is 8.22. The molecule has 2 N–H and O–H groups in total. The number of halogens is 1. The molecule has 1 aromatic carbocycles. The number of piperazine rings is 1. The van der Waals surface area contributed by atoms with Crippen molar-refractivity contribution >= 4 is 17.3 Å². The fourth-order valence-corrected chi connectivity index (χ4v) is 2.41. The quantitative estimate of drug-likeness (QED) is 0.841. The lowest BCUT2D eigenvalue weighted by molar-refractivity contribution is 0.266. The predicted octanol–water partition coefficient (Wildman–Crippen LogP) is 1.50. The molecule has 1 heterocycles. The van der Waals surface area contributed by atoms with E-state index in [9.17, 15) is 0 Å². The van der Waals surface area contributed by atoms with Gasteiger partial charge in [-0.2, -0.15) is 0 Å². The van der Waals surface area contributed by atoms with Gasteiger partial charge in [0.25, 0.3) is 0 Å². The molecule has 1 atom stereocenters. The molecule has 4 heteroatoms. The topological polar surface area (TPSA) is 35.5 Å². The van der Waals surface area contributed by atoms with Gasteiger partial charge in [-0.3, -0.25) is 0 Å². The van der Waals surface area contributed by atoms with Crippen molar-refractivity contribution in [3.05, 3.63) is 29.3 Å². The maximum atomic E-state index is 9.07. The molecular weight excluding hydrogens is 224 g/mol. The van der Waals surface area contributed by atoms with Crippen LogP contribution in [0.2, 0.25) is 5.02 Å². The highest BCUT2D eigenvalue weighted by atomic mass is 35.5. The van der Waals surface area contributed by atoms with Gasteiger partial charge in [-0.05, 0) is 18.6 Å². The molecule has 1 aliphatic rings. The Morgan fingerprint density at radius 2 is 2.25 bits per heavy atom. The van der Waals surface area contributed by atoms with Gasteiger partial charge in [-0.25, -0.2) is 0 Å². The van der Waals surface area contributed by atoms with Gasteiger partial charge in [0.2, 0.25) is 0 Å². The minimum Gasteiger partial charge on any atom is -0.396 e. The average Bonchev–Trinajstić information content (AvgIpc) is 2.31. The summed E-state index contributed by atoms with van der Waals surface area (Å²) in [5.74, 6) is 0. The molecule has 0 aliphatic carbocycles. The Balaban J connectivity index is 2.19. The van der Waals surface area contributed by atoms with Crippen molar-refractivity contribution in [3.63, 3.8) is 0 Å². The van der Waals surface area contributed by atoms with E-state index in [1.54, 1.807) is 0 Å². The van der Waals surface area contributed by atoms with Gasteiger partial charge in [0, 0.05) is 32.3 Å². The van der Waals surface area contributed by atoms with Crippen LogP contribution < -0.4 is 10.2 Å². The molecule has 16 heavy (non-hydrogen) atoms. The van der Waals surface area contributed by atoms with E-state index in [1.165, 1.54) is 0 Å². The number of nitrogens with zero attached hydrogens (tertiary/aromatic N) is 1. The Morgan fingerprint density at radius 3 is 3.00 bits per heavy atom. The van der Waals surface area contributed by atoms with Gasteiger partial charge >= 0.3 is 0 Å². The molecule has 1 fully saturated rings. The van der Waals surface area contributed by atoms with E-state index >= 15 is 0 Å². The minimum absolute atomic E-state index is 0.216. The van der Waals surface area contributed by atoms with E-state index in [-0.39, 0.29) is 6.61 Å². The van der Waals surface area contributed by atoms with Crippen molar-refractivity contribution in [2.24, 2.45) is 0 Å². The molecule has 1 saturated heterocycles. The van der Waals surface area contributed by atoms with E-state index in [2.05, 4.69) is 10.2 Å². The van der Waals surface area contributed by atoms with Crippen LogP contribution in [0.15, 0.2) is 24.3 Å². The molecule has 0 bridgehead atoms. The minimum atomic E-state index is 0.216. The first-order valence-corrected chi connectivity index (χ1v) is 6.03. The van der Waals surface area contributed by atoms with Gasteiger partial charge in [-0.1, -0.05) is 23.7 Å². The highest BCUT2D eigenvalue weighted by molar-refractivity contribution is 6.33. The predicted molar refractivity (Wildman–Crippen MR) is 67.2 cm³/mol. The van der Waals surface area contributed by atoms with Gasteiger partial charge < -0.3 is 15.3 Å². The van der Waals surface area contributed by atoms with Crippen molar-refractivity contribution in [3.8, 4) is 0 Å². The summed E-state index contributed by atoms with van der Waals surface area (Å²) in [7, 11) is 0. The van der Waals surface area contributed by atoms with Crippen molar-refractivity contribution in [2.45, 2.75) is 12.5 Å². The second-order valence-electron chi connectivity index (χ2n) is 4.02. The highest BCUT2D eigenvalue weighted by Gasteiger charge is 2.23. The monoisotopic (exact) mass is 240 g/mol. The van der Waals surface area contributed by atoms with E-state index in [1.807, 2.05) is 24.3 Å². The lowest BCUT2D eigenvalue weighted by Gasteiger charge is -2.38. The number of nitrogens with one attached hydrogen (secondary N) is 1. The summed E-state index contributed by atoms with van der Waals surface area (Å²) in [5, 5.41) is 13.2. The number of anilines is 1. The summed E-state index contributed by atoms with van der Waals surface area (Å²) in [4.78, 5) is 2.29. The fourth-order valence-electron chi connectivity index (χ4n) is 2.17. The van der Waals surface area contributed by atoms with Crippen LogP contribution in [0, 0.1) is 0 Å². The second kappa shape index (κ2) is 5.53. The third-order valence-corrected chi connectivity index (χ3v) is 3.29. The highest BCUT2D eigenvalue weighted by Crippen LogP contribution is 2.28. The van der Waals surface area contributed by atoms with Crippen LogP contribution in [0.4, 0.5) is 5.69 Å². The fraction of sp³-hybridized carbons (Fsp3) is 0.500. The lowest BCUT2D eigenvalue weighted by Crippen LogP contribution is -2.51. The summed E-state index contributed by atoms with van der Waals surface area (Å²) < 4.78 is 0. The molecule has 1 unspecified atom stereocenters. The van der Waals surface area contributed by atoms with Crippen LogP contribution in [0.25, 0.3) is 0 Å². The van der Waals surface area contributed by atoms with Crippen molar-refractivity contribution < 1.29 is 5.11 Å². The van der Waals surface area contributed by atoms with E-state index in [0.29, 0.717) is 6.04 Å². The van der Waals surface area contributed by atoms with Crippen LogP contribution in [-0.4, -0.2) is 37.4 Å². The summed E-state index contributed by atoms with van der Waals surface area (Å²) in [6.07, 6.45) is 0.776. The number of hydrogen-bond acceptors (Lipinski definition) is 3. The van der Waals surface area contributed by atoms with Crippen LogP contribution in [0.1, 0.15) is 6.42 Å². The Hall–Kier alpha value is -0.770. The SMILES string of the molecule is OCCC1CNCCN1c1ccccc1Cl. The molecule has 0 amide bonds. The number of para-hydroxylation sites is 1. The largest absolute Gasteiger partial charge is 0.396 e. The summed E-state index contributed by atoms with van der Waals surface area (Å²) >= 11 is 6.20. The molecule has 0 radical (unpaired) electrons. The molecular formula is C12H17ClN2O. The molecule has 1 aromatic rings. The maximum Gasteiger partial charge on any atom is 0.0639 e. The van der Waals surface area contributed by atoms with Gasteiger partial charge in [0.05, 0.1) is 10.7 Å². The van der Waals surface area contributed by atoms with Gasteiger partial charge in [-0.15, -0.1) is 0 Å². The Morgan fingerprint density at radius 1 is 1.44 bits per heavy atom. The van der Waals surface area contributed by atoms with Crippen molar-refractivity contribution in [2.75, 3.05) is 31.1 Å². The van der Waals surface area contributed by atoms with Crippen LogP contribution in [0.5, 0.6) is 0 Å². The number of aliphatic hydroxyl groups excluding tert-OH is 1. The number of hydrogen-bond donors (Lipinski definition) is 2. The van der Waals surface area contributed by atoms with Gasteiger partial charge in [0.15, 0.2) is 0 Å². The average molecular weight is 241 g/mol. The lowest BCUT2D eigenvalue weighted by atomic mass is 10.1. The number of rotatable bonds is 3. The standard InChI is InChI=1S/C12H17ClN2O/c13-11-3-1-2-4-12(11)15-7-6-14-9-10(15)5-8-16/h1-4,10,14,16H,5-9H2. The molecule has 1 aliphatic heterocycles. The zero-order chi connectivity index (χ0) is 11.4. The Labute approximate surface area is 101 Å². The van der Waals surface area contributed by atoms with E-state index < -0.39 is 0 Å². The van der Waals surface area contributed by atoms with Gasteiger partial charge in [0.1, 0.15) is 0 Å². The molecule has 88 valence electrons. The normalized spacial score (nSPS) is 21.1. The third kappa shape index (κ3) is 2.48. The van der Waals surface area contributed by atoms with Crippen molar-refractivity contribution in [1.82, 2.24) is 5.32 Å². The Kier molecular flexibility index (Phi) is 4.04. The molecule has 0 spiro atoms. The first-order valence-electron chi connectivity index (χ1n) is 5.65. The first kappa shape index (κ1) is 11.7. The molecule has 2 rings (SSSR count). The molecule has 0 saturated carbocycles. The molecule has 3 nitrogen and oxygen atoms in total. The van der Waals surface area contributed by atoms with Crippen molar-refractivity contribution in [1.29, 1.82) is 0 Å². The Bertz CT molecular complexity index is 344. The summed E-state index contributed by atoms with van der Waals surface area (Å²) in [6.45, 7) is 3.03. The first-order chi connectivity index (χ1) is 7.83. The number of aliphatic hydroxyl groups is 1. The van der Waals surface area contributed by atoms with E-state index in [0.717, 1.165) is 36.8 Å². The zero-order valence-corrected chi connectivity index (χ0v) is 9.95. The maximum absolute atomic E-state index is 9.07. The summed E-state index contributed by atoms with van der Waals surface area (Å²) in [5.41, 5.74) is 1.07.